The van der Waals surface area contributed by atoms with Gasteiger partial charge in [0.15, 0.2) is 0 Å². The van der Waals surface area contributed by atoms with Crippen molar-refractivity contribution < 1.29 is 9.90 Å². The minimum absolute atomic E-state index is 0.0458. The van der Waals surface area contributed by atoms with Gasteiger partial charge in [-0.05, 0) is 19.3 Å². The highest BCUT2D eigenvalue weighted by atomic mass is 16.4. The van der Waals surface area contributed by atoms with Crippen molar-refractivity contribution in [1.29, 1.82) is 0 Å². The van der Waals surface area contributed by atoms with Gasteiger partial charge in [0.1, 0.15) is 6.04 Å². The van der Waals surface area contributed by atoms with Crippen LogP contribution in [-0.4, -0.2) is 26.7 Å². The second kappa shape index (κ2) is 5.10. The van der Waals surface area contributed by atoms with E-state index in [9.17, 15) is 4.79 Å². The van der Waals surface area contributed by atoms with E-state index in [1.165, 1.54) is 0 Å². The van der Waals surface area contributed by atoms with Crippen LogP contribution < -0.4 is 5.32 Å². The highest BCUT2D eigenvalue weighted by molar-refractivity contribution is 5.74. The van der Waals surface area contributed by atoms with E-state index in [0.717, 1.165) is 24.4 Å². The molecule has 0 saturated carbocycles. The number of carbonyl (C=O) groups is 1. The number of imidazole rings is 1. The quantitative estimate of drug-likeness (QED) is 0.852. The number of aromatic nitrogens is 2. The fraction of sp³-hybridized carbons (Fsp3) is 0.692. The van der Waals surface area contributed by atoms with Gasteiger partial charge in [-0.25, -0.2) is 4.98 Å². The minimum atomic E-state index is -0.802. The van der Waals surface area contributed by atoms with Crippen molar-refractivity contribution in [2.24, 2.45) is 5.92 Å². The van der Waals surface area contributed by atoms with E-state index in [4.69, 9.17) is 5.11 Å². The first-order chi connectivity index (χ1) is 8.49. The lowest BCUT2D eigenvalue weighted by Crippen LogP contribution is -2.44. The van der Waals surface area contributed by atoms with Gasteiger partial charge in [0.2, 0.25) is 0 Å². The number of nitrogens with zero attached hydrogens (tertiary/aromatic N) is 2. The third-order valence-electron chi connectivity index (χ3n) is 3.46. The Morgan fingerprint density at radius 2 is 2.39 bits per heavy atom. The van der Waals surface area contributed by atoms with E-state index in [1.54, 1.807) is 0 Å². The van der Waals surface area contributed by atoms with Gasteiger partial charge < -0.3 is 9.67 Å². The molecule has 0 aromatic carbocycles. The number of aryl methyl sites for hydroxylation is 1. The van der Waals surface area contributed by atoms with Crippen LogP contribution in [-0.2, 0) is 17.8 Å². The number of hydrogen-bond donors (Lipinski definition) is 2. The molecule has 0 aliphatic carbocycles. The van der Waals surface area contributed by atoms with Crippen LogP contribution in [0.4, 0.5) is 0 Å². The zero-order chi connectivity index (χ0) is 13.3. The van der Waals surface area contributed by atoms with Gasteiger partial charge in [0, 0.05) is 19.0 Å². The van der Waals surface area contributed by atoms with Crippen LogP contribution in [0.1, 0.15) is 44.6 Å². The molecule has 2 atom stereocenters. The number of hydrogen-bond acceptors (Lipinski definition) is 3. The second-order valence-electron chi connectivity index (χ2n) is 5.44. The van der Waals surface area contributed by atoms with Crippen molar-refractivity contribution in [3.63, 3.8) is 0 Å². The van der Waals surface area contributed by atoms with Crippen LogP contribution >= 0.6 is 0 Å². The molecule has 0 fully saturated rings. The Labute approximate surface area is 107 Å². The van der Waals surface area contributed by atoms with E-state index >= 15 is 0 Å². The lowest BCUT2D eigenvalue weighted by molar-refractivity contribution is -0.139. The molecule has 0 radical (unpaired) electrons. The number of fused-ring (bicyclic) bond motifs is 1. The highest BCUT2D eigenvalue weighted by Gasteiger charge is 2.31. The molecule has 0 saturated heterocycles. The minimum Gasteiger partial charge on any atom is -0.480 e. The molecule has 5 nitrogen and oxygen atoms in total. The molecule has 1 aromatic heterocycles. The number of nitrogens with one attached hydrogen (secondary N) is 1. The van der Waals surface area contributed by atoms with E-state index < -0.39 is 12.0 Å². The fourth-order valence-corrected chi connectivity index (χ4v) is 2.46. The molecule has 0 amide bonds. The van der Waals surface area contributed by atoms with Gasteiger partial charge in [-0.15, -0.1) is 0 Å². The standard InChI is InChI=1S/C13H21N3O2/c1-8(2)4-5-16-7-14-10-6-11(13(17)18)15-9(3)12(10)16/h7-9,11,15H,4-6H2,1-3H3,(H,17,18). The van der Waals surface area contributed by atoms with Crippen molar-refractivity contribution in [3.05, 3.63) is 17.7 Å². The maximum absolute atomic E-state index is 11.0. The van der Waals surface area contributed by atoms with Crippen LogP contribution in [0.25, 0.3) is 0 Å². The van der Waals surface area contributed by atoms with Crippen LogP contribution in [0.5, 0.6) is 0 Å². The van der Waals surface area contributed by atoms with Gasteiger partial charge in [-0.1, -0.05) is 13.8 Å². The van der Waals surface area contributed by atoms with Crippen LogP contribution in [0.2, 0.25) is 0 Å². The van der Waals surface area contributed by atoms with Gasteiger partial charge in [0.05, 0.1) is 17.7 Å². The molecule has 0 spiro atoms. The summed E-state index contributed by atoms with van der Waals surface area (Å²) in [5.74, 6) is -0.147. The average molecular weight is 251 g/mol. The van der Waals surface area contributed by atoms with Crippen LogP contribution in [0.15, 0.2) is 6.33 Å². The van der Waals surface area contributed by atoms with Crippen molar-refractivity contribution in [3.8, 4) is 0 Å². The number of rotatable bonds is 4. The SMILES string of the molecule is CC(C)CCn1cnc2c1C(C)NC(C(=O)O)C2. The van der Waals surface area contributed by atoms with E-state index in [1.807, 2.05) is 13.3 Å². The molecular weight excluding hydrogens is 230 g/mol. The topological polar surface area (TPSA) is 67.2 Å². The monoisotopic (exact) mass is 251 g/mol. The molecule has 1 aliphatic heterocycles. The van der Waals surface area contributed by atoms with Gasteiger partial charge in [-0.3, -0.25) is 10.1 Å². The smallest absolute Gasteiger partial charge is 0.321 e. The Morgan fingerprint density at radius 1 is 1.67 bits per heavy atom. The normalized spacial score (nSPS) is 23.1. The molecular formula is C13H21N3O2. The van der Waals surface area contributed by atoms with E-state index in [0.29, 0.717) is 12.3 Å². The van der Waals surface area contributed by atoms with Crippen LogP contribution in [0.3, 0.4) is 0 Å². The first-order valence-electron chi connectivity index (χ1n) is 6.51. The molecule has 1 aliphatic rings. The molecule has 2 heterocycles. The summed E-state index contributed by atoms with van der Waals surface area (Å²) in [6.07, 6.45) is 3.43. The summed E-state index contributed by atoms with van der Waals surface area (Å²) in [4.78, 5) is 15.4. The summed E-state index contributed by atoms with van der Waals surface area (Å²) in [7, 11) is 0. The molecule has 2 N–H and O–H groups in total. The third kappa shape index (κ3) is 2.56. The largest absolute Gasteiger partial charge is 0.480 e. The third-order valence-corrected chi connectivity index (χ3v) is 3.46. The Balaban J connectivity index is 2.17. The summed E-state index contributed by atoms with van der Waals surface area (Å²) in [5.41, 5.74) is 2.07. The number of aliphatic carboxylic acids is 1. The zero-order valence-corrected chi connectivity index (χ0v) is 11.2. The zero-order valence-electron chi connectivity index (χ0n) is 11.2. The van der Waals surface area contributed by atoms with E-state index in [-0.39, 0.29) is 6.04 Å². The molecule has 100 valence electrons. The summed E-state index contributed by atoms with van der Waals surface area (Å²) in [6, 6.07) is -0.467. The Hall–Kier alpha value is -1.36. The average Bonchev–Trinajstić information content (AvgIpc) is 2.69. The van der Waals surface area contributed by atoms with Crippen molar-refractivity contribution in [1.82, 2.24) is 14.9 Å². The molecule has 18 heavy (non-hydrogen) atoms. The Bertz CT molecular complexity index is 439. The first-order valence-corrected chi connectivity index (χ1v) is 6.51. The molecule has 2 unspecified atom stereocenters. The van der Waals surface area contributed by atoms with Gasteiger partial charge >= 0.3 is 5.97 Å². The first kappa shape index (κ1) is 13.1. The summed E-state index contributed by atoms with van der Waals surface area (Å²) in [5, 5.41) is 12.2. The van der Waals surface area contributed by atoms with Gasteiger partial charge in [0.25, 0.3) is 0 Å². The highest BCUT2D eigenvalue weighted by Crippen LogP contribution is 2.25. The lowest BCUT2D eigenvalue weighted by Gasteiger charge is -2.27. The summed E-state index contributed by atoms with van der Waals surface area (Å²) < 4.78 is 2.16. The number of carboxylic acids is 1. The van der Waals surface area contributed by atoms with Crippen molar-refractivity contribution >= 4 is 5.97 Å². The molecule has 1 aromatic rings. The lowest BCUT2D eigenvalue weighted by atomic mass is 10.00. The summed E-state index contributed by atoms with van der Waals surface area (Å²) >= 11 is 0. The fourth-order valence-electron chi connectivity index (χ4n) is 2.46. The molecule has 2 rings (SSSR count). The predicted octanol–water partition coefficient (Wildman–Crippen LogP) is 1.59. The molecule has 0 bridgehead atoms. The number of carboxylic acid groups (broad SMARTS) is 1. The predicted molar refractivity (Wildman–Crippen MR) is 68.4 cm³/mol. The second-order valence-corrected chi connectivity index (χ2v) is 5.44. The maximum Gasteiger partial charge on any atom is 0.321 e. The summed E-state index contributed by atoms with van der Waals surface area (Å²) in [6.45, 7) is 7.35. The molecule has 5 heteroatoms. The van der Waals surface area contributed by atoms with Crippen molar-refractivity contribution in [2.75, 3.05) is 0 Å². The maximum atomic E-state index is 11.0. The van der Waals surface area contributed by atoms with E-state index in [2.05, 4.69) is 28.7 Å². The van der Waals surface area contributed by atoms with Gasteiger partial charge in [-0.2, -0.15) is 0 Å². The van der Waals surface area contributed by atoms with Crippen LogP contribution in [0, 0.1) is 5.92 Å². The Kier molecular flexibility index (Phi) is 3.71. The van der Waals surface area contributed by atoms with Crippen molar-refractivity contribution in [2.45, 2.75) is 52.2 Å². The Morgan fingerprint density at radius 3 is 3.00 bits per heavy atom.